The number of rotatable bonds is 2. The minimum Gasteiger partial charge on any atom is -0.365 e. The molecule has 1 aromatic carbocycles. The molecule has 0 fully saturated rings. The first-order valence-corrected chi connectivity index (χ1v) is 5.60. The highest BCUT2D eigenvalue weighted by Gasteiger charge is 2.27. The SMILES string of the molecule is NC(=O)C1=C(c2ccccc2)N=NC1=C1C=CN=N1. The van der Waals surface area contributed by atoms with Gasteiger partial charge >= 0.3 is 0 Å². The average Bonchev–Trinajstić information content (AvgIpc) is 3.08. The summed E-state index contributed by atoms with van der Waals surface area (Å²) in [6.45, 7) is 0. The topological polar surface area (TPSA) is 92.5 Å². The number of nitrogens with two attached hydrogens (primary N) is 1. The van der Waals surface area contributed by atoms with E-state index in [0.717, 1.165) is 5.56 Å². The molecule has 2 N–H and O–H groups in total. The number of carbonyl (C=O) groups is 1. The van der Waals surface area contributed by atoms with Gasteiger partial charge in [-0.2, -0.15) is 5.11 Å². The van der Waals surface area contributed by atoms with E-state index in [4.69, 9.17) is 5.73 Å². The molecule has 0 radical (unpaired) electrons. The molecule has 0 saturated heterocycles. The largest absolute Gasteiger partial charge is 0.365 e. The maximum atomic E-state index is 11.7. The van der Waals surface area contributed by atoms with Crippen molar-refractivity contribution in [3.8, 4) is 0 Å². The third-order valence-corrected chi connectivity index (χ3v) is 2.72. The molecule has 1 aromatic rings. The molecule has 1 amide bonds. The van der Waals surface area contributed by atoms with E-state index in [2.05, 4.69) is 20.5 Å². The van der Waals surface area contributed by atoms with Gasteiger partial charge in [0.05, 0.1) is 11.8 Å². The lowest BCUT2D eigenvalue weighted by molar-refractivity contribution is -0.114. The van der Waals surface area contributed by atoms with Crippen molar-refractivity contribution >= 4 is 11.6 Å². The number of nitrogens with zero attached hydrogens (tertiary/aromatic N) is 4. The van der Waals surface area contributed by atoms with Crippen LogP contribution in [-0.2, 0) is 4.79 Å². The Morgan fingerprint density at radius 3 is 2.37 bits per heavy atom. The summed E-state index contributed by atoms with van der Waals surface area (Å²) < 4.78 is 0. The highest BCUT2D eigenvalue weighted by Crippen LogP contribution is 2.35. The van der Waals surface area contributed by atoms with Crippen molar-refractivity contribution in [1.29, 1.82) is 0 Å². The predicted molar refractivity (Wildman–Crippen MR) is 68.4 cm³/mol. The zero-order chi connectivity index (χ0) is 13.2. The maximum Gasteiger partial charge on any atom is 0.253 e. The van der Waals surface area contributed by atoms with Gasteiger partial charge in [0, 0.05) is 5.56 Å². The second kappa shape index (κ2) is 4.41. The summed E-state index contributed by atoms with van der Waals surface area (Å²) in [5.41, 5.74) is 7.81. The van der Waals surface area contributed by atoms with Crippen LogP contribution in [0.1, 0.15) is 5.56 Å². The Morgan fingerprint density at radius 2 is 1.74 bits per heavy atom. The second-order valence-electron chi connectivity index (χ2n) is 3.92. The quantitative estimate of drug-likeness (QED) is 0.859. The molecule has 0 atom stereocenters. The summed E-state index contributed by atoms with van der Waals surface area (Å²) in [6, 6.07) is 9.29. The summed E-state index contributed by atoms with van der Waals surface area (Å²) in [7, 11) is 0. The highest BCUT2D eigenvalue weighted by atomic mass is 16.1. The van der Waals surface area contributed by atoms with E-state index in [1.165, 1.54) is 6.20 Å². The Morgan fingerprint density at radius 1 is 1.00 bits per heavy atom. The molecule has 0 saturated carbocycles. The van der Waals surface area contributed by atoms with Crippen LogP contribution < -0.4 is 5.73 Å². The molecule has 2 aliphatic rings. The monoisotopic (exact) mass is 251 g/mol. The Balaban J connectivity index is 2.20. The molecular formula is C13H9N5O. The Labute approximate surface area is 108 Å². The van der Waals surface area contributed by atoms with E-state index in [1.807, 2.05) is 30.3 Å². The molecular weight excluding hydrogens is 242 g/mol. The van der Waals surface area contributed by atoms with Gasteiger partial charge in [-0.3, -0.25) is 4.79 Å². The molecule has 92 valence electrons. The van der Waals surface area contributed by atoms with Gasteiger partial charge in [-0.25, -0.2) is 0 Å². The zero-order valence-electron chi connectivity index (χ0n) is 9.82. The third-order valence-electron chi connectivity index (χ3n) is 2.72. The number of allylic oxidation sites excluding steroid dienone is 1. The molecule has 0 bridgehead atoms. The van der Waals surface area contributed by atoms with Gasteiger partial charge in [0.15, 0.2) is 0 Å². The van der Waals surface area contributed by atoms with E-state index in [9.17, 15) is 4.79 Å². The molecule has 3 rings (SSSR count). The molecule has 6 nitrogen and oxygen atoms in total. The van der Waals surface area contributed by atoms with Gasteiger partial charge in [-0.15, -0.1) is 15.3 Å². The second-order valence-corrected chi connectivity index (χ2v) is 3.92. The van der Waals surface area contributed by atoms with Crippen LogP contribution in [0.5, 0.6) is 0 Å². The van der Waals surface area contributed by atoms with Crippen molar-refractivity contribution in [2.24, 2.45) is 26.2 Å². The average molecular weight is 251 g/mol. The van der Waals surface area contributed by atoms with E-state index in [0.29, 0.717) is 17.1 Å². The molecule has 0 aromatic heterocycles. The first-order valence-electron chi connectivity index (χ1n) is 5.60. The number of carbonyl (C=O) groups excluding carboxylic acids is 1. The van der Waals surface area contributed by atoms with Gasteiger partial charge in [0.1, 0.15) is 17.1 Å². The molecule has 2 heterocycles. The van der Waals surface area contributed by atoms with Crippen LogP contribution in [-0.4, -0.2) is 5.91 Å². The van der Waals surface area contributed by atoms with Crippen LogP contribution in [0, 0.1) is 0 Å². The number of primary amides is 1. The smallest absolute Gasteiger partial charge is 0.253 e. The maximum absolute atomic E-state index is 11.7. The Hall–Kier alpha value is -2.89. The highest BCUT2D eigenvalue weighted by molar-refractivity contribution is 6.05. The van der Waals surface area contributed by atoms with Crippen molar-refractivity contribution < 1.29 is 4.79 Å². The van der Waals surface area contributed by atoms with E-state index >= 15 is 0 Å². The molecule has 0 aliphatic carbocycles. The summed E-state index contributed by atoms with van der Waals surface area (Å²) in [6.07, 6.45) is 3.18. The van der Waals surface area contributed by atoms with Gasteiger partial charge in [-0.05, 0) is 6.08 Å². The summed E-state index contributed by atoms with van der Waals surface area (Å²) in [5, 5.41) is 15.6. The lowest BCUT2D eigenvalue weighted by atomic mass is 10.0. The molecule has 2 aliphatic heterocycles. The van der Waals surface area contributed by atoms with Crippen molar-refractivity contribution in [2.75, 3.05) is 0 Å². The Kier molecular flexibility index (Phi) is 2.60. The number of hydrogen-bond donors (Lipinski definition) is 1. The standard InChI is InChI=1S/C13H9N5O/c14-13(19)10-11(8-4-2-1-3-5-8)17-18-12(10)9-6-7-15-16-9/h1-7H,(H2,14,19). The van der Waals surface area contributed by atoms with Crippen LogP contribution in [0.15, 0.2) is 80.0 Å². The molecule has 19 heavy (non-hydrogen) atoms. The molecule has 6 heteroatoms. The van der Waals surface area contributed by atoms with Crippen LogP contribution in [0.2, 0.25) is 0 Å². The van der Waals surface area contributed by atoms with Gasteiger partial charge in [0.2, 0.25) is 0 Å². The summed E-state index contributed by atoms with van der Waals surface area (Å²) in [5.74, 6) is -0.582. The number of amides is 1. The van der Waals surface area contributed by atoms with Gasteiger partial charge < -0.3 is 5.73 Å². The minimum absolute atomic E-state index is 0.270. The Bertz CT molecular complexity index is 681. The van der Waals surface area contributed by atoms with Crippen LogP contribution >= 0.6 is 0 Å². The van der Waals surface area contributed by atoms with E-state index in [-0.39, 0.29) is 5.57 Å². The lowest BCUT2D eigenvalue weighted by Crippen LogP contribution is -2.15. The first-order chi connectivity index (χ1) is 9.27. The zero-order valence-corrected chi connectivity index (χ0v) is 9.82. The van der Waals surface area contributed by atoms with Crippen molar-refractivity contribution in [1.82, 2.24) is 0 Å². The normalized spacial score (nSPS) is 20.6. The van der Waals surface area contributed by atoms with Gasteiger partial charge in [-0.1, -0.05) is 30.3 Å². The fourth-order valence-electron chi connectivity index (χ4n) is 1.88. The lowest BCUT2D eigenvalue weighted by Gasteiger charge is -2.02. The van der Waals surface area contributed by atoms with Crippen molar-refractivity contribution in [3.05, 3.63) is 65.1 Å². The van der Waals surface area contributed by atoms with Crippen LogP contribution in [0.4, 0.5) is 0 Å². The molecule has 0 unspecified atom stereocenters. The van der Waals surface area contributed by atoms with Gasteiger partial charge in [0.25, 0.3) is 5.91 Å². The first kappa shape index (κ1) is 11.2. The van der Waals surface area contributed by atoms with Crippen molar-refractivity contribution in [2.45, 2.75) is 0 Å². The van der Waals surface area contributed by atoms with Crippen molar-refractivity contribution in [3.63, 3.8) is 0 Å². The van der Waals surface area contributed by atoms with E-state index < -0.39 is 5.91 Å². The summed E-state index contributed by atoms with van der Waals surface area (Å²) >= 11 is 0. The van der Waals surface area contributed by atoms with Crippen LogP contribution in [0.3, 0.4) is 0 Å². The third kappa shape index (κ3) is 1.89. The van der Waals surface area contributed by atoms with E-state index in [1.54, 1.807) is 6.08 Å². The predicted octanol–water partition coefficient (Wildman–Crippen LogP) is 2.54. The number of hydrogen-bond acceptors (Lipinski definition) is 5. The van der Waals surface area contributed by atoms with Crippen LogP contribution in [0.25, 0.3) is 5.70 Å². The summed E-state index contributed by atoms with van der Waals surface area (Å²) in [4.78, 5) is 11.7. The fourth-order valence-corrected chi connectivity index (χ4v) is 1.88. The minimum atomic E-state index is -0.582. The number of azo groups is 2. The number of benzene rings is 1. The molecule has 0 spiro atoms. The fraction of sp³-hybridized carbons (Fsp3) is 0.